The molecule has 0 bridgehead atoms. The van der Waals surface area contributed by atoms with Gasteiger partial charge in [-0.15, -0.1) is 0 Å². The molecule has 0 amide bonds. The zero-order chi connectivity index (χ0) is 28.1. The van der Waals surface area contributed by atoms with Crippen LogP contribution in [0, 0.1) is 5.92 Å². The zero-order valence-electron chi connectivity index (χ0n) is 22.3. The molecule has 0 heterocycles. The number of hydrogen-bond donors (Lipinski definition) is 0. The second-order valence-electron chi connectivity index (χ2n) is 9.15. The molecule has 2 atom stereocenters. The van der Waals surface area contributed by atoms with Gasteiger partial charge in [0.1, 0.15) is 11.9 Å². The van der Waals surface area contributed by atoms with Gasteiger partial charge in [0.2, 0.25) is 0 Å². The summed E-state index contributed by atoms with van der Waals surface area (Å²) in [6.45, 7) is 3.04. The molecule has 0 radical (unpaired) electrons. The summed E-state index contributed by atoms with van der Waals surface area (Å²) in [7, 11) is 1.68. The maximum Gasteiger partial charge on any atom is 0.416 e. The molecular formula is C32H35F3O4. The van der Waals surface area contributed by atoms with Crippen LogP contribution in [-0.4, -0.2) is 32.4 Å². The Kier molecular flexibility index (Phi) is 11.6. The predicted molar refractivity (Wildman–Crippen MR) is 147 cm³/mol. The van der Waals surface area contributed by atoms with Crippen LogP contribution < -0.4 is 4.74 Å². The summed E-state index contributed by atoms with van der Waals surface area (Å²) < 4.78 is 54.2. The van der Waals surface area contributed by atoms with E-state index < -0.39 is 11.7 Å². The first-order chi connectivity index (χ1) is 18.8. The average molecular weight is 541 g/mol. The van der Waals surface area contributed by atoms with Crippen LogP contribution in [0.4, 0.5) is 13.2 Å². The molecule has 0 saturated heterocycles. The molecule has 0 spiro atoms. The minimum Gasteiger partial charge on any atom is -0.493 e. The van der Waals surface area contributed by atoms with Crippen LogP contribution in [0.5, 0.6) is 5.75 Å². The van der Waals surface area contributed by atoms with Crippen molar-refractivity contribution in [3.63, 3.8) is 0 Å². The lowest BCUT2D eigenvalue weighted by molar-refractivity contribution is -0.137. The number of ether oxygens (including phenoxy) is 3. The molecule has 0 aliphatic heterocycles. The van der Waals surface area contributed by atoms with Gasteiger partial charge in [-0.3, -0.25) is 0 Å². The molecule has 1 saturated carbocycles. The topological polar surface area (TPSA) is 44.8 Å². The van der Waals surface area contributed by atoms with E-state index in [1.807, 2.05) is 61.5 Å². The monoisotopic (exact) mass is 540 g/mol. The van der Waals surface area contributed by atoms with Gasteiger partial charge in [-0.05, 0) is 74.1 Å². The smallest absolute Gasteiger partial charge is 0.416 e. The molecule has 0 aromatic heterocycles. The van der Waals surface area contributed by atoms with Gasteiger partial charge >= 0.3 is 12.1 Å². The SMILES string of the molecule is CCOC.O=C(O[C@@H]1CCCC1/C=C/CCOc1cccc(C(F)(F)F)c1)c1ccc(-c2ccccc2)cc1. The van der Waals surface area contributed by atoms with Crippen molar-refractivity contribution in [3.8, 4) is 16.9 Å². The Balaban J connectivity index is 0.000000983. The number of carbonyl (C=O) groups excluding carboxylic acids is 1. The van der Waals surface area contributed by atoms with Crippen LogP contribution in [-0.2, 0) is 15.7 Å². The third kappa shape index (κ3) is 9.59. The highest BCUT2D eigenvalue weighted by Crippen LogP contribution is 2.32. The number of alkyl halides is 3. The molecule has 1 aliphatic rings. The van der Waals surface area contributed by atoms with Crippen LogP contribution >= 0.6 is 0 Å². The van der Waals surface area contributed by atoms with Crippen LogP contribution in [0.2, 0.25) is 0 Å². The summed E-state index contributed by atoms with van der Waals surface area (Å²) in [5.74, 6) is -0.0157. The molecule has 208 valence electrons. The molecule has 1 aliphatic carbocycles. The lowest BCUT2D eigenvalue weighted by Crippen LogP contribution is -2.21. The van der Waals surface area contributed by atoms with Crippen molar-refractivity contribution in [2.45, 2.75) is 44.9 Å². The van der Waals surface area contributed by atoms with Crippen molar-refractivity contribution < 1.29 is 32.2 Å². The van der Waals surface area contributed by atoms with Crippen molar-refractivity contribution in [3.05, 3.63) is 102 Å². The highest BCUT2D eigenvalue weighted by molar-refractivity contribution is 5.90. The molecule has 7 heteroatoms. The van der Waals surface area contributed by atoms with Crippen molar-refractivity contribution in [2.24, 2.45) is 5.92 Å². The number of methoxy groups -OCH3 is 1. The van der Waals surface area contributed by atoms with E-state index in [9.17, 15) is 18.0 Å². The summed E-state index contributed by atoms with van der Waals surface area (Å²) in [4.78, 5) is 12.7. The summed E-state index contributed by atoms with van der Waals surface area (Å²) in [6.07, 6.45) is 2.65. The zero-order valence-corrected chi connectivity index (χ0v) is 22.3. The summed E-state index contributed by atoms with van der Waals surface area (Å²) in [5, 5.41) is 0. The quantitative estimate of drug-likeness (QED) is 0.155. The number of halogens is 3. The first-order valence-corrected chi connectivity index (χ1v) is 13.1. The minimum absolute atomic E-state index is 0.121. The molecular weight excluding hydrogens is 505 g/mol. The van der Waals surface area contributed by atoms with Crippen molar-refractivity contribution in [1.29, 1.82) is 0 Å². The van der Waals surface area contributed by atoms with Gasteiger partial charge in [0.05, 0.1) is 17.7 Å². The second-order valence-corrected chi connectivity index (χ2v) is 9.15. The van der Waals surface area contributed by atoms with Crippen LogP contribution in [0.15, 0.2) is 91.0 Å². The average Bonchev–Trinajstić information content (AvgIpc) is 3.39. The predicted octanol–water partition coefficient (Wildman–Crippen LogP) is 8.38. The highest BCUT2D eigenvalue weighted by Gasteiger charge is 2.31. The Hall–Kier alpha value is -3.58. The summed E-state index contributed by atoms with van der Waals surface area (Å²) in [5.41, 5.74) is 1.92. The molecule has 4 nitrogen and oxygen atoms in total. The number of hydrogen-bond acceptors (Lipinski definition) is 4. The van der Waals surface area contributed by atoms with E-state index in [4.69, 9.17) is 9.47 Å². The largest absolute Gasteiger partial charge is 0.493 e. The fourth-order valence-electron chi connectivity index (χ4n) is 4.23. The van der Waals surface area contributed by atoms with E-state index in [1.54, 1.807) is 19.2 Å². The van der Waals surface area contributed by atoms with Gasteiger partial charge in [-0.1, -0.05) is 60.7 Å². The van der Waals surface area contributed by atoms with E-state index >= 15 is 0 Å². The van der Waals surface area contributed by atoms with Crippen LogP contribution in [0.25, 0.3) is 11.1 Å². The number of esters is 1. The van der Waals surface area contributed by atoms with Gasteiger partial charge in [0.15, 0.2) is 0 Å². The van der Waals surface area contributed by atoms with E-state index in [-0.39, 0.29) is 30.3 Å². The first-order valence-electron chi connectivity index (χ1n) is 13.1. The number of carbonyl (C=O) groups is 1. The Labute approximate surface area is 228 Å². The lowest BCUT2D eigenvalue weighted by atomic mass is 10.0. The van der Waals surface area contributed by atoms with Crippen LogP contribution in [0.3, 0.4) is 0 Å². The fourth-order valence-corrected chi connectivity index (χ4v) is 4.23. The van der Waals surface area contributed by atoms with Gasteiger partial charge in [0.25, 0.3) is 0 Å². The third-order valence-corrected chi connectivity index (χ3v) is 6.38. The third-order valence-electron chi connectivity index (χ3n) is 6.38. The van der Waals surface area contributed by atoms with E-state index in [0.29, 0.717) is 12.0 Å². The van der Waals surface area contributed by atoms with Gasteiger partial charge in [0, 0.05) is 19.6 Å². The number of rotatable bonds is 9. The molecule has 1 fully saturated rings. The van der Waals surface area contributed by atoms with Crippen molar-refractivity contribution in [2.75, 3.05) is 20.3 Å². The molecule has 39 heavy (non-hydrogen) atoms. The summed E-state index contributed by atoms with van der Waals surface area (Å²) in [6, 6.07) is 22.2. The van der Waals surface area contributed by atoms with Gasteiger partial charge < -0.3 is 14.2 Å². The highest BCUT2D eigenvalue weighted by atomic mass is 19.4. The Morgan fingerprint density at radius 1 is 0.949 bits per heavy atom. The Morgan fingerprint density at radius 3 is 2.31 bits per heavy atom. The Bertz CT molecular complexity index is 1170. The van der Waals surface area contributed by atoms with Crippen LogP contribution in [0.1, 0.15) is 48.5 Å². The maximum atomic E-state index is 12.8. The normalized spacial score (nSPS) is 16.9. The molecule has 4 rings (SSSR count). The molecule has 1 unspecified atom stereocenters. The number of benzene rings is 3. The molecule has 0 N–H and O–H groups in total. The first kappa shape index (κ1) is 30.0. The summed E-state index contributed by atoms with van der Waals surface area (Å²) >= 11 is 0. The fraction of sp³-hybridized carbons (Fsp3) is 0.344. The molecule has 3 aromatic carbocycles. The van der Waals surface area contributed by atoms with Crippen molar-refractivity contribution >= 4 is 5.97 Å². The van der Waals surface area contributed by atoms with E-state index in [2.05, 4.69) is 4.74 Å². The second kappa shape index (κ2) is 15.1. The van der Waals surface area contributed by atoms with Gasteiger partial charge in [-0.2, -0.15) is 13.2 Å². The lowest BCUT2D eigenvalue weighted by Gasteiger charge is -2.17. The standard InChI is InChI=1S/C29H27F3O3.C3H8O/c30-29(31,32)25-12-7-13-26(20-25)34-19-5-4-10-23-11-6-14-27(23)35-28(33)24-17-15-22(16-18-24)21-8-2-1-3-9-21;1-3-4-2/h1-4,7-10,12-13,15-18,20,23,27H,5-6,11,14,19H2;3H2,1-2H3/b10-4+;/t23?,27-;/m1./s1. The Morgan fingerprint density at radius 2 is 1.64 bits per heavy atom. The van der Waals surface area contributed by atoms with E-state index in [1.165, 1.54) is 12.1 Å². The van der Waals surface area contributed by atoms with Crippen molar-refractivity contribution in [1.82, 2.24) is 0 Å². The van der Waals surface area contributed by atoms with Gasteiger partial charge in [-0.25, -0.2) is 4.79 Å². The van der Waals surface area contributed by atoms with E-state index in [0.717, 1.165) is 49.1 Å². The maximum absolute atomic E-state index is 12.8. The minimum atomic E-state index is -4.39. The molecule has 3 aromatic rings.